The number of nitrogens with zero attached hydrogens (tertiary/aromatic N) is 2. The summed E-state index contributed by atoms with van der Waals surface area (Å²) in [6, 6.07) is 8.48. The standard InChI is InChI=1S/C23H24FIN4O3S/c1-23(2,3)32-22(31)29-11-13(12-29)10-27-19(30)18-15-5-4-8-26-20(15)33-21(18)28-17-7-6-14(25)9-16(17)24/h4-9,13,28H,10-12H2,1-3H3,(H,27,30). The van der Waals surface area contributed by atoms with Gasteiger partial charge in [0.1, 0.15) is 21.2 Å². The summed E-state index contributed by atoms with van der Waals surface area (Å²) in [5, 5.41) is 7.27. The van der Waals surface area contributed by atoms with Crippen LogP contribution in [-0.4, -0.2) is 47.1 Å². The third-order valence-corrected chi connectivity index (χ3v) is 6.73. The Morgan fingerprint density at radius 2 is 2.06 bits per heavy atom. The van der Waals surface area contributed by atoms with Crippen LogP contribution in [0.3, 0.4) is 0 Å². The molecule has 0 unspecified atom stereocenters. The molecule has 10 heteroatoms. The number of benzene rings is 1. The molecular weight excluding hydrogens is 558 g/mol. The Hall–Kier alpha value is -2.47. The van der Waals surface area contributed by atoms with E-state index in [1.54, 1.807) is 29.3 Å². The van der Waals surface area contributed by atoms with E-state index in [9.17, 15) is 14.0 Å². The second kappa shape index (κ2) is 9.41. The number of aromatic nitrogens is 1. The Morgan fingerprint density at radius 3 is 2.76 bits per heavy atom. The van der Waals surface area contributed by atoms with Crippen molar-refractivity contribution in [3.05, 3.63) is 51.5 Å². The van der Waals surface area contributed by atoms with Crippen molar-refractivity contribution >= 4 is 66.8 Å². The predicted octanol–water partition coefficient (Wildman–Crippen LogP) is 5.38. The average molecular weight is 582 g/mol. The molecule has 0 bridgehead atoms. The fourth-order valence-corrected chi connectivity index (χ4v) is 4.96. The second-order valence-corrected chi connectivity index (χ2v) is 11.1. The van der Waals surface area contributed by atoms with E-state index in [0.29, 0.717) is 46.1 Å². The highest BCUT2D eigenvalue weighted by Crippen LogP contribution is 2.37. The zero-order valence-corrected chi connectivity index (χ0v) is 21.4. The van der Waals surface area contributed by atoms with E-state index >= 15 is 0 Å². The lowest BCUT2D eigenvalue weighted by Crippen LogP contribution is -2.54. The number of anilines is 2. The molecule has 3 aromatic rings. The van der Waals surface area contributed by atoms with Gasteiger partial charge in [-0.3, -0.25) is 4.79 Å². The first kappa shape index (κ1) is 23.7. The number of thiophene rings is 1. The molecule has 1 aliphatic rings. The second-order valence-electron chi connectivity index (χ2n) is 8.87. The van der Waals surface area contributed by atoms with Crippen LogP contribution in [0.1, 0.15) is 31.1 Å². The third kappa shape index (κ3) is 5.55. The van der Waals surface area contributed by atoms with Crippen molar-refractivity contribution < 1.29 is 18.7 Å². The lowest BCUT2D eigenvalue weighted by Gasteiger charge is -2.39. The minimum atomic E-state index is -0.537. The molecule has 1 fully saturated rings. The van der Waals surface area contributed by atoms with Crippen LogP contribution in [0.25, 0.3) is 10.2 Å². The Balaban J connectivity index is 1.45. The van der Waals surface area contributed by atoms with Crippen molar-refractivity contribution in [2.24, 2.45) is 5.92 Å². The van der Waals surface area contributed by atoms with Gasteiger partial charge >= 0.3 is 6.09 Å². The quantitative estimate of drug-likeness (QED) is 0.395. The molecule has 0 saturated carbocycles. The first-order chi connectivity index (χ1) is 15.6. The summed E-state index contributed by atoms with van der Waals surface area (Å²) in [7, 11) is 0. The van der Waals surface area contributed by atoms with E-state index in [-0.39, 0.29) is 17.9 Å². The number of pyridine rings is 1. The van der Waals surface area contributed by atoms with Gasteiger partial charge in [0.2, 0.25) is 0 Å². The number of rotatable bonds is 5. The van der Waals surface area contributed by atoms with E-state index in [2.05, 4.69) is 15.6 Å². The number of hydrogen-bond acceptors (Lipinski definition) is 6. The zero-order chi connectivity index (χ0) is 23.8. The minimum Gasteiger partial charge on any atom is -0.444 e. The van der Waals surface area contributed by atoms with Crippen LogP contribution >= 0.6 is 33.9 Å². The molecule has 1 aliphatic heterocycles. The van der Waals surface area contributed by atoms with Crippen molar-refractivity contribution in [2.75, 3.05) is 25.0 Å². The number of likely N-dealkylation sites (tertiary alicyclic amines) is 1. The summed E-state index contributed by atoms with van der Waals surface area (Å²) in [4.78, 5) is 31.9. The van der Waals surface area contributed by atoms with Gasteiger partial charge in [0.25, 0.3) is 5.91 Å². The van der Waals surface area contributed by atoms with E-state index in [4.69, 9.17) is 4.74 Å². The molecule has 33 heavy (non-hydrogen) atoms. The van der Waals surface area contributed by atoms with E-state index in [0.717, 1.165) is 3.57 Å². The summed E-state index contributed by atoms with van der Waals surface area (Å²) < 4.78 is 20.6. The van der Waals surface area contributed by atoms with Gasteiger partial charge in [-0.15, -0.1) is 0 Å². The van der Waals surface area contributed by atoms with Gasteiger partial charge in [-0.25, -0.2) is 14.2 Å². The number of nitrogens with one attached hydrogen (secondary N) is 2. The Morgan fingerprint density at radius 1 is 1.30 bits per heavy atom. The molecule has 0 radical (unpaired) electrons. The molecule has 1 aromatic carbocycles. The van der Waals surface area contributed by atoms with Crippen LogP contribution in [0.5, 0.6) is 0 Å². The highest BCUT2D eigenvalue weighted by molar-refractivity contribution is 14.1. The molecule has 2 N–H and O–H groups in total. The maximum atomic E-state index is 14.4. The van der Waals surface area contributed by atoms with Crippen LogP contribution in [0, 0.1) is 15.3 Å². The fraction of sp³-hybridized carbons (Fsp3) is 0.348. The van der Waals surface area contributed by atoms with Gasteiger partial charge in [-0.1, -0.05) is 11.3 Å². The Kier molecular flexibility index (Phi) is 6.76. The van der Waals surface area contributed by atoms with Crippen molar-refractivity contribution in [2.45, 2.75) is 26.4 Å². The van der Waals surface area contributed by atoms with Gasteiger partial charge in [-0.2, -0.15) is 0 Å². The topological polar surface area (TPSA) is 83.6 Å². The summed E-state index contributed by atoms with van der Waals surface area (Å²) in [5.74, 6) is -0.511. The summed E-state index contributed by atoms with van der Waals surface area (Å²) >= 11 is 3.35. The van der Waals surface area contributed by atoms with E-state index < -0.39 is 11.4 Å². The van der Waals surface area contributed by atoms with Crippen LogP contribution in [0.15, 0.2) is 36.5 Å². The predicted molar refractivity (Wildman–Crippen MR) is 136 cm³/mol. The van der Waals surface area contributed by atoms with Gasteiger partial charge in [0.15, 0.2) is 0 Å². The molecule has 2 amide bonds. The maximum Gasteiger partial charge on any atom is 0.410 e. The molecule has 0 spiro atoms. The lowest BCUT2D eigenvalue weighted by molar-refractivity contribution is -0.000529. The van der Waals surface area contributed by atoms with Crippen LogP contribution < -0.4 is 10.6 Å². The Bertz CT molecular complexity index is 1200. The van der Waals surface area contributed by atoms with Crippen molar-refractivity contribution in [3.63, 3.8) is 0 Å². The zero-order valence-electron chi connectivity index (χ0n) is 18.4. The van der Waals surface area contributed by atoms with Gasteiger partial charge in [0, 0.05) is 40.7 Å². The van der Waals surface area contributed by atoms with Crippen LogP contribution in [0.2, 0.25) is 0 Å². The molecule has 3 heterocycles. The van der Waals surface area contributed by atoms with Crippen molar-refractivity contribution in [1.82, 2.24) is 15.2 Å². The number of fused-ring (bicyclic) bond motifs is 1. The molecule has 0 aliphatic carbocycles. The molecule has 7 nitrogen and oxygen atoms in total. The van der Waals surface area contributed by atoms with E-state index in [1.165, 1.54) is 17.4 Å². The first-order valence-electron chi connectivity index (χ1n) is 10.5. The minimum absolute atomic E-state index is 0.148. The summed E-state index contributed by atoms with van der Waals surface area (Å²) in [6.07, 6.45) is 1.32. The van der Waals surface area contributed by atoms with Gasteiger partial charge < -0.3 is 20.3 Å². The number of amides is 2. The SMILES string of the molecule is CC(C)(C)OC(=O)N1CC(CNC(=O)c2c(Nc3ccc(I)cc3F)sc3ncccc23)C1. The normalized spacial score (nSPS) is 14.2. The molecule has 174 valence electrons. The number of halogens is 2. The largest absolute Gasteiger partial charge is 0.444 e. The maximum absolute atomic E-state index is 14.4. The first-order valence-corrected chi connectivity index (χ1v) is 12.4. The van der Waals surface area contributed by atoms with Crippen LogP contribution in [-0.2, 0) is 4.74 Å². The van der Waals surface area contributed by atoms with Crippen molar-refractivity contribution in [1.29, 1.82) is 0 Å². The lowest BCUT2D eigenvalue weighted by atomic mass is 10.0. The smallest absolute Gasteiger partial charge is 0.410 e. The number of carbonyl (C=O) groups is 2. The molecule has 4 rings (SSSR count). The van der Waals surface area contributed by atoms with E-state index in [1.807, 2.05) is 49.4 Å². The van der Waals surface area contributed by atoms with Gasteiger partial charge in [0.05, 0.1) is 11.3 Å². The highest BCUT2D eigenvalue weighted by Gasteiger charge is 2.34. The summed E-state index contributed by atoms with van der Waals surface area (Å²) in [6.45, 7) is 6.97. The molecular formula is C23H24FIN4O3S. The molecule has 0 atom stereocenters. The van der Waals surface area contributed by atoms with Gasteiger partial charge in [-0.05, 0) is 73.7 Å². The van der Waals surface area contributed by atoms with Crippen LogP contribution in [0.4, 0.5) is 19.9 Å². The molecule has 2 aromatic heterocycles. The Labute approximate surface area is 208 Å². The number of ether oxygens (including phenoxy) is 1. The molecule has 1 saturated heterocycles. The average Bonchev–Trinajstić information content (AvgIpc) is 3.05. The third-order valence-electron chi connectivity index (χ3n) is 5.03. The summed E-state index contributed by atoms with van der Waals surface area (Å²) in [5.41, 5.74) is 0.192. The highest BCUT2D eigenvalue weighted by atomic mass is 127. The number of carbonyl (C=O) groups excluding carboxylic acids is 2. The number of hydrogen-bond donors (Lipinski definition) is 2. The monoisotopic (exact) mass is 582 g/mol. The van der Waals surface area contributed by atoms with Crippen molar-refractivity contribution in [3.8, 4) is 0 Å². The fourth-order valence-electron chi connectivity index (χ4n) is 3.46.